The highest BCUT2D eigenvalue weighted by molar-refractivity contribution is 7.99. The van der Waals surface area contributed by atoms with Crippen LogP contribution in [0.4, 0.5) is 0 Å². The first-order valence-corrected chi connectivity index (χ1v) is 7.12. The molecule has 0 atom stereocenters. The molecule has 3 nitrogen and oxygen atoms in total. The molecule has 1 aliphatic heterocycles. The maximum Gasteiger partial charge on any atom is 0.130 e. The lowest BCUT2D eigenvalue weighted by atomic mass is 10.4. The standard InChI is InChI=1S/C12H16ClN3S/c1-16-8-3-5-11(16)14-7-9-17-12-6-2-4-10(13)15-12/h2,4,6H,3,5,7-9H2,1H3. The Balaban J connectivity index is 1.76. The van der Waals surface area contributed by atoms with Crippen LogP contribution in [0.2, 0.25) is 5.15 Å². The van der Waals surface area contributed by atoms with Gasteiger partial charge in [0.25, 0.3) is 0 Å². The summed E-state index contributed by atoms with van der Waals surface area (Å²) in [7, 11) is 2.11. The summed E-state index contributed by atoms with van der Waals surface area (Å²) in [6.07, 6.45) is 2.36. The van der Waals surface area contributed by atoms with Crippen LogP contribution in [0.25, 0.3) is 0 Å². The van der Waals surface area contributed by atoms with E-state index < -0.39 is 0 Å². The fraction of sp³-hybridized carbons (Fsp3) is 0.500. The van der Waals surface area contributed by atoms with Crippen LogP contribution in [-0.2, 0) is 0 Å². The fourth-order valence-electron chi connectivity index (χ4n) is 1.79. The van der Waals surface area contributed by atoms with E-state index in [1.165, 1.54) is 12.3 Å². The molecule has 92 valence electrons. The second-order valence-corrected chi connectivity index (χ2v) is 5.47. The van der Waals surface area contributed by atoms with Crippen molar-refractivity contribution in [3.63, 3.8) is 0 Å². The van der Waals surface area contributed by atoms with Crippen LogP contribution in [0.5, 0.6) is 0 Å². The normalized spacial score (nSPS) is 18.0. The zero-order valence-corrected chi connectivity index (χ0v) is 11.5. The lowest BCUT2D eigenvalue weighted by molar-refractivity contribution is 0.548. The van der Waals surface area contributed by atoms with E-state index in [4.69, 9.17) is 11.6 Å². The monoisotopic (exact) mass is 269 g/mol. The average Bonchev–Trinajstić information content (AvgIpc) is 2.71. The SMILES string of the molecule is CN1CCCC1=NCCSc1cccc(Cl)n1. The molecule has 0 unspecified atom stereocenters. The number of halogens is 1. The predicted molar refractivity (Wildman–Crippen MR) is 74.1 cm³/mol. The maximum absolute atomic E-state index is 5.82. The van der Waals surface area contributed by atoms with E-state index in [0.29, 0.717) is 5.15 Å². The average molecular weight is 270 g/mol. The van der Waals surface area contributed by atoms with Crippen molar-refractivity contribution < 1.29 is 0 Å². The van der Waals surface area contributed by atoms with Gasteiger partial charge >= 0.3 is 0 Å². The number of aromatic nitrogens is 1. The van der Waals surface area contributed by atoms with Crippen LogP contribution in [0.1, 0.15) is 12.8 Å². The molecule has 5 heteroatoms. The Morgan fingerprint density at radius 2 is 2.41 bits per heavy atom. The summed E-state index contributed by atoms with van der Waals surface area (Å²) in [5.41, 5.74) is 0. The first kappa shape index (κ1) is 12.7. The Hall–Kier alpha value is -0.740. The van der Waals surface area contributed by atoms with Crippen molar-refractivity contribution in [2.75, 3.05) is 25.9 Å². The molecule has 1 aliphatic rings. The highest BCUT2D eigenvalue weighted by atomic mass is 35.5. The summed E-state index contributed by atoms with van der Waals surface area (Å²) in [5, 5.41) is 1.52. The van der Waals surface area contributed by atoms with Crippen LogP contribution in [0.15, 0.2) is 28.2 Å². The van der Waals surface area contributed by atoms with Crippen LogP contribution in [0, 0.1) is 0 Å². The molecule has 1 aromatic heterocycles. The molecular formula is C12H16ClN3S. The van der Waals surface area contributed by atoms with Crippen molar-refractivity contribution >= 4 is 29.2 Å². The van der Waals surface area contributed by atoms with Crippen LogP contribution < -0.4 is 0 Å². The molecule has 0 spiro atoms. The molecule has 1 fully saturated rings. The van der Waals surface area contributed by atoms with Crippen LogP contribution >= 0.6 is 23.4 Å². The second-order valence-electron chi connectivity index (χ2n) is 3.97. The molecule has 0 N–H and O–H groups in total. The van der Waals surface area contributed by atoms with Crippen molar-refractivity contribution in [1.29, 1.82) is 0 Å². The summed E-state index contributed by atoms with van der Waals surface area (Å²) in [6.45, 7) is 1.99. The Kier molecular flexibility index (Phi) is 4.68. The van der Waals surface area contributed by atoms with E-state index in [-0.39, 0.29) is 0 Å². The molecule has 0 radical (unpaired) electrons. The van der Waals surface area contributed by atoms with Gasteiger partial charge in [-0.2, -0.15) is 0 Å². The number of pyridine rings is 1. The summed E-state index contributed by atoms with van der Waals surface area (Å²) >= 11 is 7.52. The third-order valence-corrected chi connectivity index (χ3v) is 3.78. The zero-order chi connectivity index (χ0) is 12.1. The summed E-state index contributed by atoms with van der Waals surface area (Å²) in [5.74, 6) is 2.19. The smallest absolute Gasteiger partial charge is 0.130 e. The minimum absolute atomic E-state index is 0.553. The minimum Gasteiger partial charge on any atom is -0.363 e. The predicted octanol–water partition coefficient (Wildman–Crippen LogP) is 2.95. The molecule has 0 amide bonds. The zero-order valence-electron chi connectivity index (χ0n) is 9.90. The van der Waals surface area contributed by atoms with E-state index in [9.17, 15) is 0 Å². The summed E-state index contributed by atoms with van der Waals surface area (Å²) < 4.78 is 0. The number of amidine groups is 1. The minimum atomic E-state index is 0.553. The molecule has 0 bridgehead atoms. The van der Waals surface area contributed by atoms with Gasteiger partial charge in [-0.15, -0.1) is 11.8 Å². The molecule has 1 aromatic rings. The van der Waals surface area contributed by atoms with E-state index in [0.717, 1.165) is 30.3 Å². The van der Waals surface area contributed by atoms with Gasteiger partial charge in [-0.3, -0.25) is 4.99 Å². The first-order chi connectivity index (χ1) is 8.25. The Morgan fingerprint density at radius 3 is 3.12 bits per heavy atom. The van der Waals surface area contributed by atoms with E-state index in [1.807, 2.05) is 12.1 Å². The first-order valence-electron chi connectivity index (χ1n) is 5.75. The van der Waals surface area contributed by atoms with Crippen molar-refractivity contribution in [3.8, 4) is 0 Å². The van der Waals surface area contributed by atoms with Crippen molar-refractivity contribution in [2.45, 2.75) is 17.9 Å². The molecule has 0 aliphatic carbocycles. The van der Waals surface area contributed by atoms with Gasteiger partial charge in [-0.25, -0.2) is 4.98 Å². The van der Waals surface area contributed by atoms with Gasteiger partial charge in [-0.05, 0) is 18.6 Å². The van der Waals surface area contributed by atoms with Gasteiger partial charge < -0.3 is 4.90 Å². The number of hydrogen-bond acceptors (Lipinski definition) is 3. The highest BCUT2D eigenvalue weighted by Crippen LogP contribution is 2.17. The van der Waals surface area contributed by atoms with Crippen molar-refractivity contribution in [1.82, 2.24) is 9.88 Å². The lowest BCUT2D eigenvalue weighted by Crippen LogP contribution is -2.19. The van der Waals surface area contributed by atoms with Crippen molar-refractivity contribution in [3.05, 3.63) is 23.4 Å². The van der Waals surface area contributed by atoms with E-state index in [2.05, 4.69) is 21.9 Å². The molecule has 17 heavy (non-hydrogen) atoms. The van der Waals surface area contributed by atoms with E-state index >= 15 is 0 Å². The van der Waals surface area contributed by atoms with E-state index in [1.54, 1.807) is 17.8 Å². The third-order valence-electron chi connectivity index (χ3n) is 2.66. The number of aliphatic imine (C=N–C) groups is 1. The molecule has 0 saturated carbocycles. The van der Waals surface area contributed by atoms with Gasteiger partial charge in [0.1, 0.15) is 5.15 Å². The number of likely N-dealkylation sites (tertiary alicyclic amines) is 1. The molecular weight excluding hydrogens is 254 g/mol. The Bertz CT molecular complexity index is 408. The number of thioether (sulfide) groups is 1. The summed E-state index contributed by atoms with van der Waals surface area (Å²) in [4.78, 5) is 11.1. The largest absolute Gasteiger partial charge is 0.363 e. The van der Waals surface area contributed by atoms with Gasteiger partial charge in [0.2, 0.25) is 0 Å². The third kappa shape index (κ3) is 3.89. The maximum atomic E-state index is 5.82. The number of rotatable bonds is 4. The van der Waals surface area contributed by atoms with Gasteiger partial charge in [0, 0.05) is 25.8 Å². The van der Waals surface area contributed by atoms with Crippen LogP contribution in [-0.4, -0.2) is 41.6 Å². The van der Waals surface area contributed by atoms with Gasteiger partial charge in [0.15, 0.2) is 0 Å². The van der Waals surface area contributed by atoms with Crippen LogP contribution in [0.3, 0.4) is 0 Å². The fourth-order valence-corrected chi connectivity index (χ4v) is 2.73. The Morgan fingerprint density at radius 1 is 1.53 bits per heavy atom. The molecule has 2 rings (SSSR count). The quantitative estimate of drug-likeness (QED) is 0.478. The molecule has 1 saturated heterocycles. The van der Waals surface area contributed by atoms with Gasteiger partial charge in [0.05, 0.1) is 17.4 Å². The lowest BCUT2D eigenvalue weighted by Gasteiger charge is -2.10. The van der Waals surface area contributed by atoms with Crippen molar-refractivity contribution in [2.24, 2.45) is 4.99 Å². The second kappa shape index (κ2) is 6.26. The van der Waals surface area contributed by atoms with Gasteiger partial charge in [-0.1, -0.05) is 17.7 Å². The number of nitrogens with zero attached hydrogens (tertiary/aromatic N) is 3. The number of hydrogen-bond donors (Lipinski definition) is 0. The molecule has 0 aromatic carbocycles. The molecule has 2 heterocycles. The highest BCUT2D eigenvalue weighted by Gasteiger charge is 2.12. The Labute approximate surface area is 111 Å². The topological polar surface area (TPSA) is 28.5 Å². The summed E-state index contributed by atoms with van der Waals surface area (Å²) in [6, 6.07) is 5.69.